The second kappa shape index (κ2) is 9.40. The Balaban J connectivity index is 1.31. The molecule has 1 heterocycles. The number of fused-ring (bicyclic) bond motifs is 7. The number of aromatic nitrogens is 1. The molecular formula is C41H25NO. The Morgan fingerprint density at radius 2 is 0.930 bits per heavy atom. The molecule has 0 aliphatic rings. The van der Waals surface area contributed by atoms with Gasteiger partial charge in [-0.2, -0.15) is 0 Å². The number of nitrogens with zero attached hydrogens (tertiary/aromatic N) is 1. The molecule has 1 aromatic heterocycles. The Hall–Kier alpha value is -5.73. The lowest BCUT2D eigenvalue weighted by Crippen LogP contribution is -1.91. The van der Waals surface area contributed by atoms with E-state index >= 15 is 0 Å². The molecule has 43 heavy (non-hydrogen) atoms. The van der Waals surface area contributed by atoms with Crippen LogP contribution in [0, 0.1) is 0 Å². The van der Waals surface area contributed by atoms with Gasteiger partial charge in [-0.25, -0.2) is 4.98 Å². The van der Waals surface area contributed by atoms with Crippen LogP contribution in [0.5, 0.6) is 0 Å². The van der Waals surface area contributed by atoms with Crippen LogP contribution >= 0.6 is 0 Å². The highest BCUT2D eigenvalue weighted by Gasteiger charge is 2.18. The molecule has 0 saturated carbocycles. The average Bonchev–Trinajstić information content (AvgIpc) is 3.52. The summed E-state index contributed by atoms with van der Waals surface area (Å²) in [7, 11) is 0. The highest BCUT2D eigenvalue weighted by atomic mass is 16.3. The van der Waals surface area contributed by atoms with E-state index in [-0.39, 0.29) is 0 Å². The van der Waals surface area contributed by atoms with Gasteiger partial charge in [-0.05, 0) is 84.2 Å². The first-order valence-corrected chi connectivity index (χ1v) is 14.6. The van der Waals surface area contributed by atoms with Gasteiger partial charge in [0.05, 0.1) is 0 Å². The average molecular weight is 548 g/mol. The first kappa shape index (κ1) is 23.9. The summed E-state index contributed by atoms with van der Waals surface area (Å²) in [6.07, 6.45) is 0. The smallest absolute Gasteiger partial charge is 0.227 e. The van der Waals surface area contributed by atoms with Crippen LogP contribution in [0.4, 0.5) is 0 Å². The highest BCUT2D eigenvalue weighted by molar-refractivity contribution is 6.23. The Bertz CT molecular complexity index is 2430. The Labute approximate surface area is 248 Å². The zero-order valence-electron chi connectivity index (χ0n) is 23.3. The molecule has 0 saturated heterocycles. The van der Waals surface area contributed by atoms with E-state index in [9.17, 15) is 0 Å². The molecule has 0 amide bonds. The SMILES string of the molecule is c1ccc(-c2nc3c(ccc4ccc5cc(-c6c7ccccc7c(-c7ccccc7)c7ccccc67)ccc5c43)o2)cc1. The van der Waals surface area contributed by atoms with Crippen LogP contribution in [-0.2, 0) is 0 Å². The molecule has 9 rings (SSSR count). The van der Waals surface area contributed by atoms with Crippen molar-refractivity contribution in [1.82, 2.24) is 4.98 Å². The fourth-order valence-electron chi connectivity index (χ4n) is 6.75. The monoisotopic (exact) mass is 547 g/mol. The van der Waals surface area contributed by atoms with Gasteiger partial charge in [0, 0.05) is 10.9 Å². The van der Waals surface area contributed by atoms with Gasteiger partial charge >= 0.3 is 0 Å². The minimum Gasteiger partial charge on any atom is -0.436 e. The summed E-state index contributed by atoms with van der Waals surface area (Å²) in [5.74, 6) is 0.646. The van der Waals surface area contributed by atoms with Crippen molar-refractivity contribution in [2.75, 3.05) is 0 Å². The first-order chi connectivity index (χ1) is 21.3. The second-order valence-electron chi connectivity index (χ2n) is 11.1. The molecule has 0 fully saturated rings. The summed E-state index contributed by atoms with van der Waals surface area (Å²) in [6, 6.07) is 53.9. The molecule has 200 valence electrons. The number of oxazole rings is 1. The number of rotatable bonds is 3. The minimum absolute atomic E-state index is 0.646. The van der Waals surface area contributed by atoms with Crippen molar-refractivity contribution in [3.63, 3.8) is 0 Å². The quantitative estimate of drug-likeness (QED) is 0.162. The molecule has 0 bridgehead atoms. The molecule has 0 radical (unpaired) electrons. The maximum Gasteiger partial charge on any atom is 0.227 e. The van der Waals surface area contributed by atoms with Crippen molar-refractivity contribution in [2.45, 2.75) is 0 Å². The van der Waals surface area contributed by atoms with Crippen LogP contribution in [0.3, 0.4) is 0 Å². The maximum absolute atomic E-state index is 6.24. The van der Waals surface area contributed by atoms with Crippen molar-refractivity contribution < 1.29 is 4.42 Å². The molecule has 9 aromatic rings. The van der Waals surface area contributed by atoms with Gasteiger partial charge in [-0.15, -0.1) is 0 Å². The van der Waals surface area contributed by atoms with Gasteiger partial charge in [0.2, 0.25) is 5.89 Å². The van der Waals surface area contributed by atoms with E-state index in [0.717, 1.165) is 27.4 Å². The number of benzene rings is 8. The van der Waals surface area contributed by atoms with Crippen LogP contribution in [0.2, 0.25) is 0 Å². The predicted octanol–water partition coefficient (Wildman–Crippen LogP) is 11.4. The van der Waals surface area contributed by atoms with Gasteiger partial charge in [-0.1, -0.05) is 127 Å². The van der Waals surface area contributed by atoms with E-state index in [1.165, 1.54) is 54.6 Å². The summed E-state index contributed by atoms with van der Waals surface area (Å²) < 4.78 is 6.24. The lowest BCUT2D eigenvalue weighted by Gasteiger charge is -2.18. The molecule has 0 spiro atoms. The molecule has 2 nitrogen and oxygen atoms in total. The van der Waals surface area contributed by atoms with E-state index in [2.05, 4.69) is 115 Å². The van der Waals surface area contributed by atoms with Crippen molar-refractivity contribution >= 4 is 54.2 Å². The van der Waals surface area contributed by atoms with E-state index in [1.807, 2.05) is 36.4 Å². The Morgan fingerprint density at radius 1 is 0.395 bits per heavy atom. The lowest BCUT2D eigenvalue weighted by molar-refractivity contribution is 0.620. The van der Waals surface area contributed by atoms with Gasteiger partial charge in [-0.3, -0.25) is 0 Å². The minimum atomic E-state index is 0.646. The van der Waals surface area contributed by atoms with Crippen molar-refractivity contribution in [3.8, 4) is 33.7 Å². The van der Waals surface area contributed by atoms with Crippen LogP contribution in [0.1, 0.15) is 0 Å². The molecule has 2 heteroatoms. The molecule has 0 atom stereocenters. The number of hydrogen-bond donors (Lipinski definition) is 0. The van der Waals surface area contributed by atoms with E-state index < -0.39 is 0 Å². The standard InChI is InChI=1S/C41H25NO/c1-3-11-26(12-4-1)37-32-15-7-9-17-34(32)38(35-18-10-8-16-33(35)37)30-21-23-31-29(25-30)20-19-27-22-24-36-40(39(27)31)42-41(43-36)28-13-5-2-6-14-28/h1-25H. The summed E-state index contributed by atoms with van der Waals surface area (Å²) in [6.45, 7) is 0. The topological polar surface area (TPSA) is 26.0 Å². The van der Waals surface area contributed by atoms with E-state index in [0.29, 0.717) is 5.89 Å². The molecule has 0 unspecified atom stereocenters. The third-order valence-corrected chi connectivity index (χ3v) is 8.66. The first-order valence-electron chi connectivity index (χ1n) is 14.6. The molecule has 0 aliphatic heterocycles. The lowest BCUT2D eigenvalue weighted by atomic mass is 9.85. The van der Waals surface area contributed by atoms with Gasteiger partial charge in [0.25, 0.3) is 0 Å². The summed E-state index contributed by atoms with van der Waals surface area (Å²) in [4.78, 5) is 5.00. The van der Waals surface area contributed by atoms with Gasteiger partial charge in [0.15, 0.2) is 5.58 Å². The zero-order valence-corrected chi connectivity index (χ0v) is 23.3. The summed E-state index contributed by atoms with van der Waals surface area (Å²) in [5.41, 5.74) is 7.67. The fraction of sp³-hybridized carbons (Fsp3) is 0. The van der Waals surface area contributed by atoms with Gasteiger partial charge < -0.3 is 4.42 Å². The molecule has 8 aromatic carbocycles. The molecule has 0 aliphatic carbocycles. The fourth-order valence-corrected chi connectivity index (χ4v) is 6.75. The van der Waals surface area contributed by atoms with Crippen molar-refractivity contribution in [2.24, 2.45) is 0 Å². The van der Waals surface area contributed by atoms with Gasteiger partial charge in [0.1, 0.15) is 5.52 Å². The Kier molecular flexibility index (Phi) is 5.23. The highest BCUT2D eigenvalue weighted by Crippen LogP contribution is 2.44. The third-order valence-electron chi connectivity index (χ3n) is 8.66. The summed E-state index contributed by atoms with van der Waals surface area (Å²) in [5, 5.41) is 9.68. The normalized spacial score (nSPS) is 11.7. The number of hydrogen-bond acceptors (Lipinski definition) is 2. The van der Waals surface area contributed by atoms with Crippen LogP contribution in [-0.4, -0.2) is 4.98 Å². The van der Waals surface area contributed by atoms with Crippen LogP contribution in [0.25, 0.3) is 87.9 Å². The zero-order chi connectivity index (χ0) is 28.3. The molecule has 0 N–H and O–H groups in total. The Morgan fingerprint density at radius 3 is 1.58 bits per heavy atom. The van der Waals surface area contributed by atoms with E-state index in [4.69, 9.17) is 9.40 Å². The molecular weight excluding hydrogens is 522 g/mol. The second-order valence-corrected chi connectivity index (χ2v) is 11.1. The van der Waals surface area contributed by atoms with Crippen molar-refractivity contribution in [3.05, 3.63) is 152 Å². The van der Waals surface area contributed by atoms with Crippen LogP contribution in [0.15, 0.2) is 156 Å². The van der Waals surface area contributed by atoms with Crippen LogP contribution < -0.4 is 0 Å². The predicted molar refractivity (Wildman–Crippen MR) is 180 cm³/mol. The van der Waals surface area contributed by atoms with E-state index in [1.54, 1.807) is 0 Å². The largest absolute Gasteiger partial charge is 0.436 e. The summed E-state index contributed by atoms with van der Waals surface area (Å²) >= 11 is 0. The maximum atomic E-state index is 6.24. The van der Waals surface area contributed by atoms with Crippen molar-refractivity contribution in [1.29, 1.82) is 0 Å². The third kappa shape index (κ3) is 3.70.